The van der Waals surface area contributed by atoms with E-state index in [1.807, 2.05) is 0 Å². The first-order chi connectivity index (χ1) is 13.4. The molecule has 0 unspecified atom stereocenters. The number of rotatable bonds is 7. The van der Waals surface area contributed by atoms with Gasteiger partial charge in [-0.05, 0) is 35.9 Å². The van der Waals surface area contributed by atoms with Gasteiger partial charge >= 0.3 is 12.2 Å². The molecule has 0 N–H and O–H groups in total. The van der Waals surface area contributed by atoms with Crippen LogP contribution in [0, 0.1) is 0 Å². The molecule has 1 amide bonds. The van der Waals surface area contributed by atoms with E-state index in [2.05, 4.69) is 4.74 Å². The fraction of sp³-hybridized carbons (Fsp3) is 0.200. The van der Waals surface area contributed by atoms with Crippen molar-refractivity contribution in [2.75, 3.05) is 13.7 Å². The van der Waals surface area contributed by atoms with E-state index in [0.29, 0.717) is 11.3 Å². The van der Waals surface area contributed by atoms with Gasteiger partial charge in [0.05, 0.1) is 0 Å². The van der Waals surface area contributed by atoms with Gasteiger partial charge in [-0.2, -0.15) is 8.78 Å². The number of benzene rings is 2. The van der Waals surface area contributed by atoms with Crippen molar-refractivity contribution in [3.8, 4) is 11.5 Å². The molecular weight excluding hydrogens is 372 g/mol. The van der Waals surface area contributed by atoms with E-state index >= 15 is 0 Å². The molecule has 1 aromatic heterocycles. The maximum atomic E-state index is 12.3. The number of carbonyl (C=O) groups is 1. The van der Waals surface area contributed by atoms with Crippen LogP contribution in [0.5, 0.6) is 11.5 Å². The van der Waals surface area contributed by atoms with Gasteiger partial charge in [0, 0.05) is 31.1 Å². The quantitative estimate of drug-likeness (QED) is 0.579. The average Bonchev–Trinajstić information content (AvgIpc) is 2.66. The first-order valence-corrected chi connectivity index (χ1v) is 8.35. The van der Waals surface area contributed by atoms with Crippen molar-refractivity contribution >= 4 is 16.9 Å². The van der Waals surface area contributed by atoms with Gasteiger partial charge in [0.15, 0.2) is 6.61 Å². The first-order valence-electron chi connectivity index (χ1n) is 8.35. The number of likely N-dealkylation sites (N-methyl/N-ethyl adjacent to an activating group) is 1. The van der Waals surface area contributed by atoms with E-state index in [9.17, 15) is 18.4 Å². The lowest BCUT2D eigenvalue weighted by molar-refractivity contribution is -0.132. The Morgan fingerprint density at radius 3 is 2.46 bits per heavy atom. The summed E-state index contributed by atoms with van der Waals surface area (Å²) in [6, 6.07) is 14.0. The minimum atomic E-state index is -2.88. The largest absolute Gasteiger partial charge is 0.484 e. The number of hydrogen-bond acceptors (Lipinski definition) is 5. The molecule has 0 saturated heterocycles. The van der Waals surface area contributed by atoms with Crippen LogP contribution in [-0.2, 0) is 11.3 Å². The third-order valence-corrected chi connectivity index (χ3v) is 3.95. The third-order valence-electron chi connectivity index (χ3n) is 3.95. The second-order valence-corrected chi connectivity index (χ2v) is 6.01. The monoisotopic (exact) mass is 389 g/mol. The Hall–Kier alpha value is -3.42. The molecule has 8 heteroatoms. The van der Waals surface area contributed by atoms with Crippen LogP contribution in [0.15, 0.2) is 63.8 Å². The third kappa shape index (κ3) is 5.06. The molecule has 0 radical (unpaired) electrons. The van der Waals surface area contributed by atoms with E-state index in [4.69, 9.17) is 9.15 Å². The highest BCUT2D eigenvalue weighted by atomic mass is 19.3. The zero-order valence-electron chi connectivity index (χ0n) is 14.9. The molecule has 0 saturated carbocycles. The number of amides is 1. The highest BCUT2D eigenvalue weighted by Crippen LogP contribution is 2.20. The minimum absolute atomic E-state index is 0.0546. The smallest absolute Gasteiger partial charge is 0.387 e. The Kier molecular flexibility index (Phi) is 5.88. The number of ether oxygens (including phenoxy) is 2. The predicted molar refractivity (Wildman–Crippen MR) is 97.5 cm³/mol. The van der Waals surface area contributed by atoms with E-state index in [-0.39, 0.29) is 24.8 Å². The summed E-state index contributed by atoms with van der Waals surface area (Å²) in [6.07, 6.45) is 0. The molecule has 0 aliphatic rings. The van der Waals surface area contributed by atoms with E-state index < -0.39 is 12.2 Å². The molecule has 146 valence electrons. The second-order valence-electron chi connectivity index (χ2n) is 6.01. The maximum absolute atomic E-state index is 12.3. The fourth-order valence-electron chi connectivity index (χ4n) is 2.52. The van der Waals surface area contributed by atoms with Gasteiger partial charge in [-0.1, -0.05) is 12.1 Å². The van der Waals surface area contributed by atoms with Crippen LogP contribution in [0.2, 0.25) is 0 Å². The normalized spacial score (nSPS) is 10.9. The van der Waals surface area contributed by atoms with Gasteiger partial charge < -0.3 is 18.8 Å². The van der Waals surface area contributed by atoms with Crippen molar-refractivity contribution in [2.24, 2.45) is 0 Å². The molecule has 28 heavy (non-hydrogen) atoms. The van der Waals surface area contributed by atoms with Crippen LogP contribution < -0.4 is 15.1 Å². The predicted octanol–water partition coefficient (Wildman–Crippen LogP) is 3.43. The topological polar surface area (TPSA) is 69.0 Å². The SMILES string of the molecule is CN(Cc1ccc(OC(F)F)cc1)C(=O)COc1ccc2ccc(=O)oc2c1. The summed E-state index contributed by atoms with van der Waals surface area (Å²) in [5, 5.41) is 0.745. The molecule has 1 heterocycles. The molecule has 0 spiro atoms. The number of hydrogen-bond donors (Lipinski definition) is 0. The molecule has 3 rings (SSSR count). The van der Waals surface area contributed by atoms with Crippen LogP contribution in [0.3, 0.4) is 0 Å². The molecule has 0 atom stereocenters. The molecule has 0 aliphatic carbocycles. The Labute approximate surface area is 158 Å². The summed E-state index contributed by atoms with van der Waals surface area (Å²) in [5.41, 5.74) is 0.660. The highest BCUT2D eigenvalue weighted by molar-refractivity contribution is 5.79. The van der Waals surface area contributed by atoms with E-state index in [1.165, 1.54) is 23.1 Å². The Morgan fingerprint density at radius 1 is 1.07 bits per heavy atom. The summed E-state index contributed by atoms with van der Waals surface area (Å²) in [5.74, 6) is 0.179. The van der Waals surface area contributed by atoms with Crippen LogP contribution in [0.25, 0.3) is 11.0 Å². The second kappa shape index (κ2) is 8.51. The number of alkyl halides is 2. The number of nitrogens with zero attached hydrogens (tertiary/aromatic N) is 1. The summed E-state index contributed by atoms with van der Waals surface area (Å²) in [6.45, 7) is -2.80. The molecule has 0 bridgehead atoms. The number of carbonyl (C=O) groups excluding carboxylic acids is 1. The van der Waals surface area contributed by atoms with Gasteiger partial charge in [0.1, 0.15) is 17.1 Å². The Bertz CT molecular complexity index is 1020. The fourth-order valence-corrected chi connectivity index (χ4v) is 2.52. The zero-order chi connectivity index (χ0) is 20.1. The van der Waals surface area contributed by atoms with Crippen molar-refractivity contribution < 1.29 is 27.5 Å². The van der Waals surface area contributed by atoms with Gasteiger partial charge in [-0.15, -0.1) is 0 Å². The van der Waals surface area contributed by atoms with Crippen LogP contribution in [0.4, 0.5) is 8.78 Å². The average molecular weight is 389 g/mol. The van der Waals surface area contributed by atoms with Crippen LogP contribution in [0.1, 0.15) is 5.56 Å². The number of halogens is 2. The lowest BCUT2D eigenvalue weighted by Crippen LogP contribution is -2.30. The van der Waals surface area contributed by atoms with Gasteiger partial charge in [0.25, 0.3) is 5.91 Å². The zero-order valence-corrected chi connectivity index (χ0v) is 14.9. The van der Waals surface area contributed by atoms with Gasteiger partial charge in [0.2, 0.25) is 0 Å². The number of fused-ring (bicyclic) bond motifs is 1. The lowest BCUT2D eigenvalue weighted by atomic mass is 10.2. The van der Waals surface area contributed by atoms with E-state index in [1.54, 1.807) is 43.4 Å². The Balaban J connectivity index is 1.56. The summed E-state index contributed by atoms with van der Waals surface area (Å²) in [4.78, 5) is 25.0. The summed E-state index contributed by atoms with van der Waals surface area (Å²) in [7, 11) is 1.61. The first kappa shape index (κ1) is 19.3. The molecule has 6 nitrogen and oxygen atoms in total. The molecular formula is C20H17F2NO5. The summed E-state index contributed by atoms with van der Waals surface area (Å²) >= 11 is 0. The molecule has 2 aromatic carbocycles. The van der Waals surface area contributed by atoms with Crippen molar-refractivity contribution in [1.29, 1.82) is 0 Å². The molecule has 3 aromatic rings. The van der Waals surface area contributed by atoms with E-state index in [0.717, 1.165) is 10.9 Å². The standard InChI is InChI=1S/C20H17F2NO5/c1-23(11-13-2-6-15(7-3-13)27-20(21)22)18(24)12-26-16-8-4-14-5-9-19(25)28-17(14)10-16/h2-10,20H,11-12H2,1H3. The van der Waals surface area contributed by atoms with Crippen LogP contribution in [-0.4, -0.2) is 31.1 Å². The van der Waals surface area contributed by atoms with Crippen molar-refractivity contribution in [3.05, 3.63) is 70.6 Å². The maximum Gasteiger partial charge on any atom is 0.387 e. The van der Waals surface area contributed by atoms with Gasteiger partial charge in [-0.3, -0.25) is 4.79 Å². The van der Waals surface area contributed by atoms with Crippen molar-refractivity contribution in [2.45, 2.75) is 13.2 Å². The summed E-state index contributed by atoms with van der Waals surface area (Å²) < 4.78 is 39.2. The van der Waals surface area contributed by atoms with Crippen molar-refractivity contribution in [3.63, 3.8) is 0 Å². The molecule has 0 fully saturated rings. The van der Waals surface area contributed by atoms with Gasteiger partial charge in [-0.25, -0.2) is 4.79 Å². The minimum Gasteiger partial charge on any atom is -0.484 e. The van der Waals surface area contributed by atoms with Crippen molar-refractivity contribution in [1.82, 2.24) is 4.90 Å². The Morgan fingerprint density at radius 2 is 1.75 bits per heavy atom. The highest BCUT2D eigenvalue weighted by Gasteiger charge is 2.11. The molecule has 0 aliphatic heterocycles. The lowest BCUT2D eigenvalue weighted by Gasteiger charge is -2.18. The van der Waals surface area contributed by atoms with Crippen LogP contribution >= 0.6 is 0 Å².